The van der Waals surface area contributed by atoms with Gasteiger partial charge in [-0.2, -0.15) is 11.8 Å². The van der Waals surface area contributed by atoms with Gasteiger partial charge >= 0.3 is 0 Å². The molecule has 1 fully saturated rings. The molecule has 0 aliphatic carbocycles. The SMILES string of the molecule is COc1ccc(Oc2ccc(SC3(C(=O)NO)CCSCC3)cc2)cc1. The Labute approximate surface area is 161 Å². The summed E-state index contributed by atoms with van der Waals surface area (Å²) in [4.78, 5) is 13.2. The van der Waals surface area contributed by atoms with Crippen molar-refractivity contribution in [3.05, 3.63) is 48.5 Å². The minimum absolute atomic E-state index is 0.318. The van der Waals surface area contributed by atoms with Crippen molar-refractivity contribution in [3.63, 3.8) is 0 Å². The van der Waals surface area contributed by atoms with E-state index < -0.39 is 4.75 Å². The molecule has 1 heterocycles. The van der Waals surface area contributed by atoms with Crippen LogP contribution in [0.1, 0.15) is 12.8 Å². The van der Waals surface area contributed by atoms with E-state index in [4.69, 9.17) is 14.7 Å². The fraction of sp³-hybridized carbons (Fsp3) is 0.316. The first kappa shape index (κ1) is 18.9. The molecular formula is C19H21NO4S2. The highest BCUT2D eigenvalue weighted by Crippen LogP contribution is 2.43. The predicted molar refractivity (Wildman–Crippen MR) is 105 cm³/mol. The van der Waals surface area contributed by atoms with Crippen LogP contribution in [0.25, 0.3) is 0 Å². The second kappa shape index (κ2) is 8.70. The quantitative estimate of drug-likeness (QED) is 0.564. The molecular weight excluding hydrogens is 370 g/mol. The van der Waals surface area contributed by atoms with Crippen molar-refractivity contribution in [1.82, 2.24) is 5.48 Å². The van der Waals surface area contributed by atoms with Gasteiger partial charge in [0.1, 0.15) is 22.0 Å². The van der Waals surface area contributed by atoms with Crippen LogP contribution in [-0.2, 0) is 4.79 Å². The summed E-state index contributed by atoms with van der Waals surface area (Å²) in [5.41, 5.74) is 1.85. The number of nitrogens with one attached hydrogen (secondary N) is 1. The van der Waals surface area contributed by atoms with Gasteiger partial charge in [0, 0.05) is 4.90 Å². The minimum atomic E-state index is -0.613. The predicted octanol–water partition coefficient (Wildman–Crippen LogP) is 4.35. The summed E-state index contributed by atoms with van der Waals surface area (Å²) < 4.78 is 10.4. The molecule has 2 aromatic carbocycles. The van der Waals surface area contributed by atoms with Crippen molar-refractivity contribution in [3.8, 4) is 17.2 Å². The minimum Gasteiger partial charge on any atom is -0.497 e. The van der Waals surface area contributed by atoms with Gasteiger partial charge in [0.15, 0.2) is 0 Å². The lowest BCUT2D eigenvalue weighted by Gasteiger charge is -2.34. The van der Waals surface area contributed by atoms with Crippen molar-refractivity contribution in [2.24, 2.45) is 0 Å². The molecule has 0 bridgehead atoms. The van der Waals surface area contributed by atoms with E-state index in [1.165, 1.54) is 11.8 Å². The number of carbonyl (C=O) groups excluding carboxylic acids is 1. The molecule has 7 heteroatoms. The van der Waals surface area contributed by atoms with Crippen LogP contribution in [0.3, 0.4) is 0 Å². The smallest absolute Gasteiger partial charge is 0.259 e. The Morgan fingerprint density at radius 2 is 1.58 bits per heavy atom. The third-order valence-corrected chi connectivity index (χ3v) is 6.73. The van der Waals surface area contributed by atoms with Crippen molar-refractivity contribution < 1.29 is 19.5 Å². The van der Waals surface area contributed by atoms with Gasteiger partial charge in [0.05, 0.1) is 7.11 Å². The molecule has 0 aromatic heterocycles. The number of rotatable bonds is 6. The van der Waals surface area contributed by atoms with E-state index in [9.17, 15) is 4.79 Å². The normalized spacial score (nSPS) is 15.9. The van der Waals surface area contributed by atoms with Crippen molar-refractivity contribution in [2.75, 3.05) is 18.6 Å². The maximum Gasteiger partial charge on any atom is 0.259 e. The molecule has 1 amide bonds. The van der Waals surface area contributed by atoms with Gasteiger partial charge < -0.3 is 9.47 Å². The average Bonchev–Trinajstić information content (AvgIpc) is 2.70. The van der Waals surface area contributed by atoms with Crippen LogP contribution < -0.4 is 15.0 Å². The highest BCUT2D eigenvalue weighted by atomic mass is 32.2. The van der Waals surface area contributed by atoms with Crippen LogP contribution in [0.5, 0.6) is 17.2 Å². The highest BCUT2D eigenvalue weighted by Gasteiger charge is 2.40. The summed E-state index contributed by atoms with van der Waals surface area (Å²) >= 11 is 3.35. The van der Waals surface area contributed by atoms with Crippen molar-refractivity contribution in [2.45, 2.75) is 22.5 Å². The molecule has 1 saturated heterocycles. The second-order valence-electron chi connectivity index (χ2n) is 5.90. The van der Waals surface area contributed by atoms with Crippen LogP contribution >= 0.6 is 23.5 Å². The topological polar surface area (TPSA) is 67.8 Å². The van der Waals surface area contributed by atoms with E-state index in [-0.39, 0.29) is 5.91 Å². The summed E-state index contributed by atoms with van der Waals surface area (Å²) in [5.74, 6) is 3.74. The fourth-order valence-electron chi connectivity index (χ4n) is 2.76. The molecule has 1 aliphatic heterocycles. The fourth-order valence-corrected chi connectivity index (χ4v) is 5.48. The monoisotopic (exact) mass is 391 g/mol. The number of hydrogen-bond acceptors (Lipinski definition) is 6. The Bertz CT molecular complexity index is 728. The Kier molecular flexibility index (Phi) is 6.34. The van der Waals surface area contributed by atoms with E-state index >= 15 is 0 Å². The summed E-state index contributed by atoms with van der Waals surface area (Å²) in [7, 11) is 1.63. The molecule has 0 unspecified atom stereocenters. The molecule has 0 radical (unpaired) electrons. The standard InChI is InChI=1S/C19H21NO4S2/c1-23-14-2-4-15(5-3-14)24-16-6-8-17(9-7-16)26-19(18(21)20-22)10-12-25-13-11-19/h2-9,22H,10-13H2,1H3,(H,20,21). The van der Waals surface area contributed by atoms with E-state index in [0.29, 0.717) is 0 Å². The van der Waals surface area contributed by atoms with Gasteiger partial charge in [-0.1, -0.05) is 0 Å². The molecule has 5 nitrogen and oxygen atoms in total. The summed E-state index contributed by atoms with van der Waals surface area (Å²) in [6, 6.07) is 15.0. The number of carbonyl (C=O) groups is 1. The zero-order valence-electron chi connectivity index (χ0n) is 14.4. The third-order valence-electron chi connectivity index (χ3n) is 4.25. The van der Waals surface area contributed by atoms with Crippen LogP contribution in [0, 0.1) is 0 Å². The largest absolute Gasteiger partial charge is 0.497 e. The van der Waals surface area contributed by atoms with Gasteiger partial charge in [-0.15, -0.1) is 11.8 Å². The highest BCUT2D eigenvalue weighted by molar-refractivity contribution is 8.02. The van der Waals surface area contributed by atoms with Crippen LogP contribution in [0.15, 0.2) is 53.4 Å². The molecule has 3 rings (SSSR count). The first-order chi connectivity index (χ1) is 12.6. The van der Waals surface area contributed by atoms with Crippen molar-refractivity contribution >= 4 is 29.4 Å². The lowest BCUT2D eigenvalue weighted by atomic mass is 10.0. The Hall–Kier alpha value is -1.83. The Morgan fingerprint density at radius 1 is 1.04 bits per heavy atom. The zero-order chi connectivity index (χ0) is 18.4. The van der Waals surface area contributed by atoms with Gasteiger partial charge in [-0.25, -0.2) is 5.48 Å². The number of hydrogen-bond donors (Lipinski definition) is 2. The summed E-state index contributed by atoms with van der Waals surface area (Å²) in [6.45, 7) is 0. The summed E-state index contributed by atoms with van der Waals surface area (Å²) in [6.07, 6.45) is 1.47. The van der Waals surface area contributed by atoms with E-state index in [1.54, 1.807) is 7.11 Å². The molecule has 0 atom stereocenters. The number of hydroxylamine groups is 1. The lowest BCUT2D eigenvalue weighted by Crippen LogP contribution is -2.45. The number of methoxy groups -OCH3 is 1. The van der Waals surface area contributed by atoms with Crippen LogP contribution in [0.2, 0.25) is 0 Å². The average molecular weight is 392 g/mol. The van der Waals surface area contributed by atoms with Crippen molar-refractivity contribution in [1.29, 1.82) is 0 Å². The van der Waals surface area contributed by atoms with Crippen LogP contribution in [0.4, 0.5) is 0 Å². The molecule has 26 heavy (non-hydrogen) atoms. The zero-order valence-corrected chi connectivity index (χ0v) is 16.1. The third kappa shape index (κ3) is 4.47. The maximum atomic E-state index is 12.2. The molecule has 2 aromatic rings. The maximum absolute atomic E-state index is 12.2. The van der Waals surface area contributed by atoms with Gasteiger partial charge in [-0.05, 0) is 72.9 Å². The van der Waals surface area contributed by atoms with E-state index in [0.717, 1.165) is 46.5 Å². The number of ether oxygens (including phenoxy) is 2. The van der Waals surface area contributed by atoms with Gasteiger partial charge in [0.2, 0.25) is 0 Å². The van der Waals surface area contributed by atoms with Gasteiger partial charge in [0.25, 0.3) is 5.91 Å². The molecule has 2 N–H and O–H groups in total. The van der Waals surface area contributed by atoms with Gasteiger partial charge in [-0.3, -0.25) is 10.0 Å². The Balaban J connectivity index is 1.68. The molecule has 0 saturated carbocycles. The molecule has 138 valence electrons. The summed E-state index contributed by atoms with van der Waals surface area (Å²) in [5, 5.41) is 9.13. The van der Waals surface area contributed by atoms with E-state index in [2.05, 4.69) is 0 Å². The number of benzene rings is 2. The Morgan fingerprint density at radius 3 is 2.12 bits per heavy atom. The molecule has 0 spiro atoms. The second-order valence-corrected chi connectivity index (χ2v) is 8.58. The molecule has 1 aliphatic rings. The van der Waals surface area contributed by atoms with Crippen LogP contribution in [-0.4, -0.2) is 34.5 Å². The first-order valence-electron chi connectivity index (χ1n) is 8.28. The lowest BCUT2D eigenvalue weighted by molar-refractivity contribution is -0.131. The van der Waals surface area contributed by atoms with E-state index in [1.807, 2.05) is 65.8 Å². The first-order valence-corrected chi connectivity index (χ1v) is 10.3. The number of thioether (sulfide) groups is 2. The number of amides is 1.